The molecule has 3 nitrogen and oxygen atoms in total. The number of halogens is 1. The minimum atomic E-state index is -0.0467. The Kier molecular flexibility index (Phi) is 7.09. The molecule has 23 heavy (non-hydrogen) atoms. The number of hydrogen-bond donors (Lipinski definition) is 1. The van der Waals surface area contributed by atoms with Crippen LogP contribution in [0.2, 0.25) is 0 Å². The highest BCUT2D eigenvalue weighted by Crippen LogP contribution is 2.33. The lowest BCUT2D eigenvalue weighted by molar-refractivity contribution is -0.136. The summed E-state index contributed by atoms with van der Waals surface area (Å²) in [5.41, 5.74) is 8.32. The number of likely N-dealkylation sites (N-methyl/N-ethyl adjacent to an activating group) is 1. The summed E-state index contributed by atoms with van der Waals surface area (Å²) in [4.78, 5) is 14.7. The molecule has 0 unspecified atom stereocenters. The molecule has 1 aliphatic carbocycles. The van der Waals surface area contributed by atoms with Crippen molar-refractivity contribution in [1.82, 2.24) is 4.90 Å². The second-order valence-corrected chi connectivity index (χ2v) is 7.48. The predicted octanol–water partition coefficient (Wildman–Crippen LogP) is 3.53. The van der Waals surface area contributed by atoms with Crippen LogP contribution in [0.5, 0.6) is 0 Å². The molecule has 2 rings (SSSR count). The van der Waals surface area contributed by atoms with E-state index < -0.39 is 0 Å². The molecule has 1 amide bonds. The van der Waals surface area contributed by atoms with Crippen molar-refractivity contribution in [2.45, 2.75) is 45.4 Å². The summed E-state index contributed by atoms with van der Waals surface area (Å²) in [6.07, 6.45) is 3.23. The van der Waals surface area contributed by atoms with Gasteiger partial charge in [-0.2, -0.15) is 0 Å². The van der Waals surface area contributed by atoms with Crippen LogP contribution in [-0.4, -0.2) is 30.9 Å². The van der Waals surface area contributed by atoms with E-state index in [1.165, 1.54) is 11.1 Å². The summed E-state index contributed by atoms with van der Waals surface area (Å²) < 4.78 is 0. The Bertz CT molecular complexity index is 513. The Labute approximate surface area is 147 Å². The molecule has 2 N–H and O–H groups in total. The van der Waals surface area contributed by atoms with Crippen molar-refractivity contribution in [3.8, 4) is 0 Å². The van der Waals surface area contributed by atoms with Crippen molar-refractivity contribution < 1.29 is 4.79 Å². The molecular weight excluding hydrogens is 308 g/mol. The third-order valence-corrected chi connectivity index (χ3v) is 5.12. The number of amides is 1. The molecule has 1 aliphatic rings. The fourth-order valence-electron chi connectivity index (χ4n) is 3.69. The maximum absolute atomic E-state index is 12.7. The summed E-state index contributed by atoms with van der Waals surface area (Å²) in [6, 6.07) is 8.62. The van der Waals surface area contributed by atoms with E-state index in [1.54, 1.807) is 0 Å². The van der Waals surface area contributed by atoms with Crippen molar-refractivity contribution in [2.24, 2.45) is 17.6 Å². The van der Waals surface area contributed by atoms with Crippen LogP contribution in [-0.2, 0) is 10.2 Å². The van der Waals surface area contributed by atoms with E-state index >= 15 is 0 Å². The normalized spacial score (nSPS) is 20.9. The first-order chi connectivity index (χ1) is 10.3. The van der Waals surface area contributed by atoms with Crippen molar-refractivity contribution in [1.29, 1.82) is 0 Å². The van der Waals surface area contributed by atoms with E-state index in [4.69, 9.17) is 5.73 Å². The minimum Gasteiger partial charge on any atom is -0.345 e. The highest BCUT2D eigenvalue weighted by molar-refractivity contribution is 5.85. The van der Waals surface area contributed by atoms with Gasteiger partial charge >= 0.3 is 0 Å². The lowest BCUT2D eigenvalue weighted by Crippen LogP contribution is -2.42. The molecule has 0 aliphatic heterocycles. The molecule has 0 spiro atoms. The standard InChI is InChI=1S/C19H30N2O.ClH/c1-14-8-10-16(11-9-14)19(2,3)13-21(4)18(22)17-7-5-6-15(17)12-20;/h8-11,15,17H,5-7,12-13,20H2,1-4H3;1H/t15-,17-;/m1./s1. The zero-order valence-corrected chi connectivity index (χ0v) is 15.7. The van der Waals surface area contributed by atoms with Gasteiger partial charge in [0.2, 0.25) is 5.91 Å². The Morgan fingerprint density at radius 3 is 2.43 bits per heavy atom. The molecule has 1 aromatic carbocycles. The highest BCUT2D eigenvalue weighted by Gasteiger charge is 2.35. The van der Waals surface area contributed by atoms with E-state index in [9.17, 15) is 4.79 Å². The monoisotopic (exact) mass is 338 g/mol. The first-order valence-corrected chi connectivity index (χ1v) is 8.37. The number of aryl methyl sites for hydroxylation is 1. The molecule has 0 bridgehead atoms. The Balaban J connectivity index is 0.00000264. The van der Waals surface area contributed by atoms with Crippen molar-refractivity contribution in [2.75, 3.05) is 20.1 Å². The lowest BCUT2D eigenvalue weighted by atomic mass is 9.83. The van der Waals surface area contributed by atoms with Gasteiger partial charge in [0.05, 0.1) is 0 Å². The fraction of sp³-hybridized carbons (Fsp3) is 0.632. The molecule has 0 aromatic heterocycles. The van der Waals surface area contributed by atoms with Gasteiger partial charge in [-0.1, -0.05) is 50.1 Å². The van der Waals surface area contributed by atoms with Crippen LogP contribution in [0.4, 0.5) is 0 Å². The smallest absolute Gasteiger partial charge is 0.225 e. The van der Waals surface area contributed by atoms with Crippen LogP contribution in [0.3, 0.4) is 0 Å². The first kappa shape index (κ1) is 20.0. The number of rotatable bonds is 5. The zero-order valence-electron chi connectivity index (χ0n) is 14.8. The van der Waals surface area contributed by atoms with Crippen LogP contribution in [0, 0.1) is 18.8 Å². The van der Waals surface area contributed by atoms with E-state index in [2.05, 4.69) is 45.0 Å². The second-order valence-electron chi connectivity index (χ2n) is 7.48. The summed E-state index contributed by atoms with van der Waals surface area (Å²) in [6.45, 7) is 7.88. The lowest BCUT2D eigenvalue weighted by Gasteiger charge is -2.33. The largest absolute Gasteiger partial charge is 0.345 e. The SMILES string of the molecule is Cc1ccc(C(C)(C)CN(C)C(=O)[C@@H]2CCC[C@@H]2CN)cc1.Cl. The van der Waals surface area contributed by atoms with E-state index in [-0.39, 0.29) is 29.6 Å². The van der Waals surface area contributed by atoms with Crippen LogP contribution in [0.25, 0.3) is 0 Å². The molecule has 0 heterocycles. The number of nitrogens with two attached hydrogens (primary N) is 1. The highest BCUT2D eigenvalue weighted by atomic mass is 35.5. The van der Waals surface area contributed by atoms with E-state index in [1.807, 2.05) is 11.9 Å². The van der Waals surface area contributed by atoms with Crippen LogP contribution < -0.4 is 5.73 Å². The molecule has 1 saturated carbocycles. The van der Waals surface area contributed by atoms with E-state index in [0.717, 1.165) is 25.8 Å². The third-order valence-electron chi connectivity index (χ3n) is 5.12. The predicted molar refractivity (Wildman–Crippen MR) is 99.0 cm³/mol. The second kappa shape index (κ2) is 8.16. The third kappa shape index (κ3) is 4.71. The average molecular weight is 339 g/mol. The number of carbonyl (C=O) groups excluding carboxylic acids is 1. The minimum absolute atomic E-state index is 0. The maximum Gasteiger partial charge on any atom is 0.225 e. The average Bonchev–Trinajstić information content (AvgIpc) is 2.94. The fourth-order valence-corrected chi connectivity index (χ4v) is 3.69. The molecule has 130 valence electrons. The first-order valence-electron chi connectivity index (χ1n) is 8.37. The van der Waals surface area contributed by atoms with Crippen molar-refractivity contribution in [3.05, 3.63) is 35.4 Å². The van der Waals surface area contributed by atoms with E-state index in [0.29, 0.717) is 12.5 Å². The summed E-state index contributed by atoms with van der Waals surface area (Å²) >= 11 is 0. The van der Waals surface area contributed by atoms with Gasteiger partial charge in [0.15, 0.2) is 0 Å². The molecule has 0 radical (unpaired) electrons. The van der Waals surface area contributed by atoms with Gasteiger partial charge < -0.3 is 10.6 Å². The molecule has 1 aromatic rings. The van der Waals surface area contributed by atoms with Crippen molar-refractivity contribution >= 4 is 18.3 Å². The van der Waals surface area contributed by atoms with Crippen molar-refractivity contribution in [3.63, 3.8) is 0 Å². The van der Waals surface area contributed by atoms with Crippen LogP contribution in [0.1, 0.15) is 44.2 Å². The number of hydrogen-bond acceptors (Lipinski definition) is 2. The Morgan fingerprint density at radius 2 is 1.87 bits per heavy atom. The topological polar surface area (TPSA) is 46.3 Å². The molecule has 4 heteroatoms. The van der Waals surface area contributed by atoms with Gasteiger partial charge in [0.1, 0.15) is 0 Å². The van der Waals surface area contributed by atoms with Gasteiger partial charge in [0.25, 0.3) is 0 Å². The van der Waals surface area contributed by atoms with Gasteiger partial charge in [0, 0.05) is 24.9 Å². The number of benzene rings is 1. The quantitative estimate of drug-likeness (QED) is 0.892. The van der Waals surface area contributed by atoms with Gasteiger partial charge in [-0.05, 0) is 37.8 Å². The number of carbonyl (C=O) groups is 1. The van der Waals surface area contributed by atoms with Gasteiger partial charge in [-0.25, -0.2) is 0 Å². The number of nitrogens with zero attached hydrogens (tertiary/aromatic N) is 1. The Morgan fingerprint density at radius 1 is 1.26 bits per heavy atom. The maximum atomic E-state index is 12.7. The molecule has 2 atom stereocenters. The van der Waals surface area contributed by atoms with Gasteiger partial charge in [-0.3, -0.25) is 4.79 Å². The molecular formula is C19H31ClN2O. The summed E-state index contributed by atoms with van der Waals surface area (Å²) in [5.74, 6) is 0.773. The van der Waals surface area contributed by atoms with Crippen LogP contribution in [0.15, 0.2) is 24.3 Å². The molecule has 0 saturated heterocycles. The van der Waals surface area contributed by atoms with Crippen LogP contribution >= 0.6 is 12.4 Å². The summed E-state index contributed by atoms with van der Waals surface area (Å²) in [7, 11) is 1.93. The molecule has 1 fully saturated rings. The Hall–Kier alpha value is -1.06. The van der Waals surface area contributed by atoms with Gasteiger partial charge in [-0.15, -0.1) is 12.4 Å². The summed E-state index contributed by atoms with van der Waals surface area (Å²) in [5, 5.41) is 0. The zero-order chi connectivity index (χ0) is 16.3.